The first kappa shape index (κ1) is 17.4. The molecule has 3 aromatic rings. The lowest BCUT2D eigenvalue weighted by atomic mass is 10.1. The first-order valence-corrected chi connectivity index (χ1v) is 9.03. The Balaban J connectivity index is 1.68. The molecule has 2 aromatic carbocycles. The Bertz CT molecular complexity index is 971. The maximum atomic E-state index is 12.3. The highest BCUT2D eigenvalue weighted by Gasteiger charge is 2.15. The number of rotatable bonds is 7. The van der Waals surface area contributed by atoms with E-state index in [-0.39, 0.29) is 17.2 Å². The Morgan fingerprint density at radius 2 is 1.92 bits per heavy atom. The molecule has 132 valence electrons. The van der Waals surface area contributed by atoms with E-state index in [2.05, 4.69) is 14.4 Å². The molecule has 0 bridgehead atoms. The molecule has 1 heterocycles. The van der Waals surface area contributed by atoms with Gasteiger partial charge in [-0.2, -0.15) is 8.78 Å². The van der Waals surface area contributed by atoms with Crippen molar-refractivity contribution in [3.8, 4) is 5.75 Å². The van der Waals surface area contributed by atoms with Gasteiger partial charge >= 0.3 is 6.61 Å². The normalized spacial score (nSPS) is 12.0. The number of nitrogens with one attached hydrogen (secondary N) is 2. The Morgan fingerprint density at radius 3 is 2.72 bits per heavy atom. The van der Waals surface area contributed by atoms with E-state index in [1.165, 1.54) is 18.2 Å². The number of alkyl halides is 2. The molecule has 0 saturated carbocycles. The molecular formula is C17H16F2N2O3S. The summed E-state index contributed by atoms with van der Waals surface area (Å²) in [6.07, 6.45) is 2.34. The van der Waals surface area contributed by atoms with Gasteiger partial charge in [-0.15, -0.1) is 0 Å². The van der Waals surface area contributed by atoms with E-state index >= 15 is 0 Å². The summed E-state index contributed by atoms with van der Waals surface area (Å²) in [5.41, 5.74) is 1.98. The topological polar surface area (TPSA) is 71.2 Å². The van der Waals surface area contributed by atoms with E-state index in [4.69, 9.17) is 0 Å². The van der Waals surface area contributed by atoms with Crippen LogP contribution < -0.4 is 9.46 Å². The molecule has 25 heavy (non-hydrogen) atoms. The van der Waals surface area contributed by atoms with Crippen LogP contribution in [0.1, 0.15) is 5.56 Å². The molecule has 0 amide bonds. The van der Waals surface area contributed by atoms with Crippen molar-refractivity contribution in [1.29, 1.82) is 0 Å². The van der Waals surface area contributed by atoms with Crippen molar-refractivity contribution < 1.29 is 21.9 Å². The highest BCUT2D eigenvalue weighted by Crippen LogP contribution is 2.20. The van der Waals surface area contributed by atoms with Gasteiger partial charge in [-0.25, -0.2) is 13.1 Å². The predicted molar refractivity (Wildman–Crippen MR) is 90.3 cm³/mol. The van der Waals surface area contributed by atoms with E-state index in [1.54, 1.807) is 0 Å². The minimum absolute atomic E-state index is 0.121. The summed E-state index contributed by atoms with van der Waals surface area (Å²) in [6, 6.07) is 12.8. The summed E-state index contributed by atoms with van der Waals surface area (Å²) in [6.45, 7) is -2.82. The zero-order valence-electron chi connectivity index (χ0n) is 13.1. The minimum Gasteiger partial charge on any atom is -0.435 e. The van der Waals surface area contributed by atoms with Gasteiger partial charge in [-0.05, 0) is 30.2 Å². The summed E-state index contributed by atoms with van der Waals surface area (Å²) in [5.74, 6) is -0.200. The number of sulfonamides is 1. The maximum absolute atomic E-state index is 12.3. The molecule has 0 atom stereocenters. The van der Waals surface area contributed by atoms with Crippen LogP contribution in [0.25, 0.3) is 10.9 Å². The number of aromatic amines is 1. The predicted octanol–water partition coefficient (Wildman–Crippen LogP) is 3.29. The number of ether oxygens (including phenoxy) is 1. The number of para-hydroxylation sites is 1. The van der Waals surface area contributed by atoms with Crippen molar-refractivity contribution in [3.63, 3.8) is 0 Å². The first-order chi connectivity index (χ1) is 12.0. The molecule has 5 nitrogen and oxygen atoms in total. The third kappa shape index (κ3) is 4.15. The molecular weight excluding hydrogens is 350 g/mol. The lowest BCUT2D eigenvalue weighted by Gasteiger charge is -2.09. The fourth-order valence-corrected chi connectivity index (χ4v) is 3.63. The Kier molecular flexibility index (Phi) is 5.00. The van der Waals surface area contributed by atoms with Crippen molar-refractivity contribution in [2.45, 2.75) is 17.9 Å². The van der Waals surface area contributed by atoms with Crippen molar-refractivity contribution >= 4 is 20.9 Å². The highest BCUT2D eigenvalue weighted by atomic mass is 32.2. The Hall–Kier alpha value is -2.45. The van der Waals surface area contributed by atoms with E-state index in [9.17, 15) is 17.2 Å². The van der Waals surface area contributed by atoms with Crippen molar-refractivity contribution in [1.82, 2.24) is 9.71 Å². The zero-order chi connectivity index (χ0) is 17.9. The smallest absolute Gasteiger partial charge is 0.387 e. The number of hydrogen-bond donors (Lipinski definition) is 2. The van der Waals surface area contributed by atoms with Crippen LogP contribution in [-0.2, 0) is 16.4 Å². The molecule has 0 aliphatic heterocycles. The summed E-state index contributed by atoms with van der Waals surface area (Å²) in [4.78, 5) is 3.01. The van der Waals surface area contributed by atoms with Gasteiger partial charge in [0.15, 0.2) is 0 Å². The van der Waals surface area contributed by atoms with Gasteiger partial charge in [-0.1, -0.05) is 24.3 Å². The van der Waals surface area contributed by atoms with Crippen LogP contribution in [0.3, 0.4) is 0 Å². The molecule has 0 radical (unpaired) electrons. The summed E-state index contributed by atoms with van der Waals surface area (Å²) in [7, 11) is -3.81. The molecule has 1 aromatic heterocycles. The molecule has 0 aliphatic carbocycles. The quantitative estimate of drug-likeness (QED) is 0.674. The third-order valence-electron chi connectivity index (χ3n) is 3.70. The Labute approximate surface area is 143 Å². The number of halogens is 2. The average Bonchev–Trinajstić information content (AvgIpc) is 2.98. The standard InChI is InChI=1S/C17H16F2N2O3S/c18-17(19)24-13-4-3-5-14(10-13)25(22,23)21-9-8-12-11-20-16-7-2-1-6-15(12)16/h1-7,10-11,17,20-21H,8-9H2. The molecule has 8 heteroatoms. The lowest BCUT2D eigenvalue weighted by molar-refractivity contribution is -0.0499. The fourth-order valence-electron chi connectivity index (χ4n) is 2.56. The van der Waals surface area contributed by atoms with Gasteiger partial charge < -0.3 is 9.72 Å². The minimum atomic E-state index is -3.81. The second-order valence-corrected chi connectivity index (χ2v) is 7.13. The van der Waals surface area contributed by atoms with Crippen LogP contribution in [0.5, 0.6) is 5.75 Å². The molecule has 0 saturated heterocycles. The number of fused-ring (bicyclic) bond motifs is 1. The van der Waals surface area contributed by atoms with Gasteiger partial charge in [0, 0.05) is 29.7 Å². The molecule has 2 N–H and O–H groups in total. The van der Waals surface area contributed by atoms with Gasteiger partial charge in [0.2, 0.25) is 10.0 Å². The summed E-state index contributed by atoms with van der Waals surface area (Å²) >= 11 is 0. The van der Waals surface area contributed by atoms with Crippen molar-refractivity contribution in [2.75, 3.05) is 6.54 Å². The molecule has 0 aliphatic rings. The van der Waals surface area contributed by atoms with Gasteiger partial charge in [0.05, 0.1) is 4.90 Å². The van der Waals surface area contributed by atoms with Crippen molar-refractivity contribution in [3.05, 3.63) is 60.3 Å². The number of benzene rings is 2. The molecule has 0 fully saturated rings. The average molecular weight is 366 g/mol. The lowest BCUT2D eigenvalue weighted by Crippen LogP contribution is -2.26. The zero-order valence-corrected chi connectivity index (χ0v) is 13.9. The summed E-state index contributed by atoms with van der Waals surface area (Å²) in [5, 5.41) is 1.04. The highest BCUT2D eigenvalue weighted by molar-refractivity contribution is 7.89. The SMILES string of the molecule is O=S(=O)(NCCc1c[nH]c2ccccc12)c1cccc(OC(F)F)c1. The van der Waals surface area contributed by atoms with Crippen LogP contribution in [0, 0.1) is 0 Å². The van der Waals surface area contributed by atoms with Crippen LogP contribution in [0.2, 0.25) is 0 Å². The van der Waals surface area contributed by atoms with Crippen LogP contribution in [0.15, 0.2) is 59.6 Å². The van der Waals surface area contributed by atoms with E-state index in [0.717, 1.165) is 22.5 Å². The monoisotopic (exact) mass is 366 g/mol. The molecule has 0 spiro atoms. The second kappa shape index (κ2) is 7.20. The number of hydrogen-bond acceptors (Lipinski definition) is 3. The van der Waals surface area contributed by atoms with Crippen LogP contribution in [0.4, 0.5) is 8.78 Å². The molecule has 0 unspecified atom stereocenters. The number of H-pyrrole nitrogens is 1. The van der Waals surface area contributed by atoms with Gasteiger partial charge in [-0.3, -0.25) is 0 Å². The fraction of sp³-hybridized carbons (Fsp3) is 0.176. The second-order valence-electron chi connectivity index (χ2n) is 5.36. The van der Waals surface area contributed by atoms with Gasteiger partial charge in [0.25, 0.3) is 0 Å². The van der Waals surface area contributed by atoms with E-state index < -0.39 is 16.6 Å². The maximum Gasteiger partial charge on any atom is 0.387 e. The van der Waals surface area contributed by atoms with Gasteiger partial charge in [0.1, 0.15) is 5.75 Å². The number of aromatic nitrogens is 1. The van der Waals surface area contributed by atoms with Crippen LogP contribution in [-0.4, -0.2) is 26.6 Å². The first-order valence-electron chi connectivity index (χ1n) is 7.55. The Morgan fingerprint density at radius 1 is 1.12 bits per heavy atom. The third-order valence-corrected chi connectivity index (χ3v) is 5.16. The van der Waals surface area contributed by atoms with Crippen molar-refractivity contribution in [2.24, 2.45) is 0 Å². The van der Waals surface area contributed by atoms with E-state index in [1.807, 2.05) is 30.5 Å². The van der Waals surface area contributed by atoms with Crippen LogP contribution >= 0.6 is 0 Å². The molecule has 3 rings (SSSR count). The summed E-state index contributed by atoms with van der Waals surface area (Å²) < 4.78 is 55.8. The largest absolute Gasteiger partial charge is 0.435 e. The van der Waals surface area contributed by atoms with E-state index in [0.29, 0.717) is 6.42 Å².